The van der Waals surface area contributed by atoms with E-state index in [9.17, 15) is 9.90 Å². The van der Waals surface area contributed by atoms with Gasteiger partial charge in [-0.25, -0.2) is 4.99 Å². The summed E-state index contributed by atoms with van der Waals surface area (Å²) in [4.78, 5) is 24.6. The molecule has 1 fully saturated rings. The van der Waals surface area contributed by atoms with E-state index in [2.05, 4.69) is 9.88 Å². The molecule has 0 saturated carbocycles. The van der Waals surface area contributed by atoms with E-state index in [-0.39, 0.29) is 11.8 Å². The Bertz CT molecular complexity index is 1320. The Balaban J connectivity index is 1.47. The number of aromatic amines is 1. The Morgan fingerprint density at radius 2 is 1.65 bits per heavy atom. The molecule has 0 atom stereocenters. The molecule has 0 aliphatic carbocycles. The smallest absolute Gasteiger partial charge is 0.240 e. The largest absolute Gasteiger partial charge is 0.494 e. The molecule has 1 aliphatic rings. The van der Waals surface area contributed by atoms with Crippen LogP contribution in [0.4, 0.5) is 11.4 Å². The van der Waals surface area contributed by atoms with Crippen molar-refractivity contribution in [2.75, 3.05) is 31.6 Å². The molecule has 34 heavy (non-hydrogen) atoms. The normalized spacial score (nSPS) is 14.6. The molecule has 1 saturated heterocycles. The molecule has 5 rings (SSSR count). The standard InChI is InChI=1S/C28H28N4O2/c1-31(25(33)19-32-17-7-8-18-32)22-15-13-21(14-16-22)29-27(20-9-3-2-4-10-20)26-23-11-5-6-12-24(23)30-28(26)34/h2-6,9-16,30,34H,7-8,17-19H2,1H3. The van der Waals surface area contributed by atoms with E-state index in [1.807, 2.05) is 85.9 Å². The highest BCUT2D eigenvalue weighted by Crippen LogP contribution is 2.31. The molecule has 6 heteroatoms. The number of likely N-dealkylation sites (N-methyl/N-ethyl adjacent to an activating group) is 1. The molecule has 2 heterocycles. The van der Waals surface area contributed by atoms with Crippen LogP contribution in [0.3, 0.4) is 0 Å². The number of nitrogens with zero attached hydrogens (tertiary/aromatic N) is 3. The number of likely N-dealkylation sites (tertiary alicyclic amines) is 1. The van der Waals surface area contributed by atoms with Gasteiger partial charge in [0.1, 0.15) is 0 Å². The molecule has 0 radical (unpaired) electrons. The summed E-state index contributed by atoms with van der Waals surface area (Å²) < 4.78 is 0. The van der Waals surface area contributed by atoms with Gasteiger partial charge >= 0.3 is 0 Å². The van der Waals surface area contributed by atoms with Crippen molar-refractivity contribution < 1.29 is 9.90 Å². The van der Waals surface area contributed by atoms with Crippen LogP contribution in [0.1, 0.15) is 24.0 Å². The third-order valence-electron chi connectivity index (χ3n) is 6.38. The number of hydrogen-bond donors (Lipinski definition) is 2. The predicted molar refractivity (Wildman–Crippen MR) is 137 cm³/mol. The fourth-order valence-electron chi connectivity index (χ4n) is 4.49. The van der Waals surface area contributed by atoms with E-state index in [0.717, 1.165) is 40.9 Å². The number of para-hydroxylation sites is 1. The van der Waals surface area contributed by atoms with Crippen molar-refractivity contribution in [3.8, 4) is 5.88 Å². The minimum absolute atomic E-state index is 0.0897. The van der Waals surface area contributed by atoms with Crippen molar-refractivity contribution >= 4 is 33.9 Å². The van der Waals surface area contributed by atoms with Gasteiger partial charge in [0, 0.05) is 29.2 Å². The number of nitrogens with one attached hydrogen (secondary N) is 1. The van der Waals surface area contributed by atoms with E-state index in [0.29, 0.717) is 17.8 Å². The number of fused-ring (bicyclic) bond motifs is 1. The lowest BCUT2D eigenvalue weighted by atomic mass is 10.0. The zero-order valence-electron chi connectivity index (χ0n) is 19.2. The quantitative estimate of drug-likeness (QED) is 0.400. The Kier molecular flexibility index (Phi) is 6.14. The first kappa shape index (κ1) is 21.9. The second kappa shape index (κ2) is 9.53. The van der Waals surface area contributed by atoms with E-state index in [1.54, 1.807) is 4.90 Å². The number of anilines is 1. The maximum absolute atomic E-state index is 12.7. The minimum atomic E-state index is 0.0897. The Labute approximate surface area is 199 Å². The fraction of sp³-hybridized carbons (Fsp3) is 0.214. The highest BCUT2D eigenvalue weighted by molar-refractivity contribution is 6.21. The molecular formula is C28H28N4O2. The van der Waals surface area contributed by atoms with Crippen LogP contribution in [0.15, 0.2) is 83.9 Å². The van der Waals surface area contributed by atoms with Crippen LogP contribution in [0.2, 0.25) is 0 Å². The summed E-state index contributed by atoms with van der Waals surface area (Å²) in [6.07, 6.45) is 2.33. The van der Waals surface area contributed by atoms with E-state index >= 15 is 0 Å². The maximum Gasteiger partial charge on any atom is 0.240 e. The summed E-state index contributed by atoms with van der Waals surface area (Å²) in [6.45, 7) is 2.45. The predicted octanol–water partition coefficient (Wildman–Crippen LogP) is 5.10. The average molecular weight is 453 g/mol. The molecule has 1 aromatic heterocycles. The SMILES string of the molecule is CN(C(=O)CN1CCCC1)c1ccc(N=C(c2ccccc2)c2c(O)[nH]c3ccccc23)cc1. The summed E-state index contributed by atoms with van der Waals surface area (Å²) in [5.41, 5.74) is 4.69. The first-order valence-electron chi connectivity index (χ1n) is 11.6. The maximum atomic E-state index is 12.7. The number of amides is 1. The number of carbonyl (C=O) groups is 1. The average Bonchev–Trinajstić information content (AvgIpc) is 3.50. The zero-order valence-corrected chi connectivity index (χ0v) is 19.2. The van der Waals surface area contributed by atoms with Gasteiger partial charge in [0.05, 0.1) is 23.5 Å². The Hall–Kier alpha value is -3.90. The molecule has 0 bridgehead atoms. The molecule has 3 aromatic carbocycles. The molecule has 1 amide bonds. The molecule has 172 valence electrons. The summed E-state index contributed by atoms with van der Waals surface area (Å²) in [5.74, 6) is 0.180. The minimum Gasteiger partial charge on any atom is -0.494 e. The summed E-state index contributed by atoms with van der Waals surface area (Å²) >= 11 is 0. The third kappa shape index (κ3) is 4.45. The number of benzene rings is 3. The number of carbonyl (C=O) groups excluding carboxylic acids is 1. The zero-order chi connectivity index (χ0) is 23.5. The van der Waals surface area contributed by atoms with Crippen molar-refractivity contribution in [1.29, 1.82) is 0 Å². The van der Waals surface area contributed by atoms with Crippen molar-refractivity contribution in [2.24, 2.45) is 4.99 Å². The topological polar surface area (TPSA) is 71.9 Å². The fourth-order valence-corrected chi connectivity index (χ4v) is 4.49. The van der Waals surface area contributed by atoms with Gasteiger partial charge < -0.3 is 15.0 Å². The van der Waals surface area contributed by atoms with Crippen molar-refractivity contribution in [2.45, 2.75) is 12.8 Å². The van der Waals surface area contributed by atoms with Crippen LogP contribution in [-0.4, -0.2) is 53.3 Å². The molecular weight excluding hydrogens is 424 g/mol. The van der Waals surface area contributed by atoms with Gasteiger partial charge in [-0.1, -0.05) is 48.5 Å². The molecule has 6 nitrogen and oxygen atoms in total. The number of aromatic hydroxyl groups is 1. The van der Waals surface area contributed by atoms with Gasteiger partial charge in [-0.15, -0.1) is 0 Å². The number of aliphatic imine (C=N–C) groups is 1. The van der Waals surface area contributed by atoms with Crippen molar-refractivity contribution in [1.82, 2.24) is 9.88 Å². The van der Waals surface area contributed by atoms with Gasteiger partial charge in [0.2, 0.25) is 5.91 Å². The van der Waals surface area contributed by atoms with Gasteiger partial charge in [-0.2, -0.15) is 0 Å². The van der Waals surface area contributed by atoms with E-state index in [4.69, 9.17) is 4.99 Å². The lowest BCUT2D eigenvalue weighted by molar-refractivity contribution is -0.119. The van der Waals surface area contributed by atoms with Crippen LogP contribution in [0, 0.1) is 0 Å². The lowest BCUT2D eigenvalue weighted by Crippen LogP contribution is -2.37. The molecule has 0 unspecified atom stereocenters. The third-order valence-corrected chi connectivity index (χ3v) is 6.38. The Morgan fingerprint density at radius 1 is 0.971 bits per heavy atom. The first-order valence-corrected chi connectivity index (χ1v) is 11.6. The molecule has 2 N–H and O–H groups in total. The molecule has 4 aromatic rings. The summed E-state index contributed by atoms with van der Waals surface area (Å²) in [5, 5.41) is 11.7. The first-order chi connectivity index (χ1) is 16.6. The summed E-state index contributed by atoms with van der Waals surface area (Å²) in [6, 6.07) is 25.3. The Morgan fingerprint density at radius 3 is 2.38 bits per heavy atom. The second-order valence-electron chi connectivity index (χ2n) is 8.67. The van der Waals surface area contributed by atoms with E-state index in [1.165, 1.54) is 12.8 Å². The van der Waals surface area contributed by atoms with Crippen LogP contribution in [0.25, 0.3) is 10.9 Å². The van der Waals surface area contributed by atoms with Crippen LogP contribution >= 0.6 is 0 Å². The number of rotatable bonds is 6. The van der Waals surface area contributed by atoms with Crippen LogP contribution < -0.4 is 4.90 Å². The number of hydrogen-bond acceptors (Lipinski definition) is 4. The number of H-pyrrole nitrogens is 1. The summed E-state index contributed by atoms with van der Waals surface area (Å²) in [7, 11) is 1.82. The van der Waals surface area contributed by atoms with Crippen molar-refractivity contribution in [3.63, 3.8) is 0 Å². The monoisotopic (exact) mass is 452 g/mol. The highest BCUT2D eigenvalue weighted by Gasteiger charge is 2.20. The van der Waals surface area contributed by atoms with Crippen LogP contribution in [0.5, 0.6) is 5.88 Å². The lowest BCUT2D eigenvalue weighted by Gasteiger charge is -2.21. The number of aromatic nitrogens is 1. The molecule has 1 aliphatic heterocycles. The van der Waals surface area contributed by atoms with Gasteiger partial charge in [0.25, 0.3) is 0 Å². The molecule has 0 spiro atoms. The van der Waals surface area contributed by atoms with E-state index < -0.39 is 0 Å². The second-order valence-corrected chi connectivity index (χ2v) is 8.67. The van der Waals surface area contributed by atoms with Crippen molar-refractivity contribution in [3.05, 3.63) is 90.0 Å². The van der Waals surface area contributed by atoms with Gasteiger partial charge in [0.15, 0.2) is 5.88 Å². The van der Waals surface area contributed by atoms with Gasteiger partial charge in [-0.3, -0.25) is 9.69 Å². The highest BCUT2D eigenvalue weighted by atomic mass is 16.3. The van der Waals surface area contributed by atoms with Gasteiger partial charge in [-0.05, 0) is 56.3 Å². The van der Waals surface area contributed by atoms with Crippen LogP contribution in [-0.2, 0) is 4.79 Å².